The maximum Gasteiger partial charge on any atom is 0.151 e. The molecule has 12 heavy (non-hydrogen) atoms. The van der Waals surface area contributed by atoms with E-state index in [0.717, 1.165) is 0 Å². The first-order valence-electron chi connectivity index (χ1n) is 3.62. The molecular formula is C7H14O5. The first-order chi connectivity index (χ1) is 5.67. The standard InChI is InChI=1S/C7H14O5/c1-12-7(6(11)4-9)5(10)2-3-8/h4-8,10-11H,2-3H2,1H3/t5-,6+,7-/m1/s1. The number of aldehydes is 1. The zero-order chi connectivity index (χ0) is 9.56. The number of carbonyl (C=O) groups excluding carboxylic acids is 1. The van der Waals surface area contributed by atoms with Gasteiger partial charge in [0.25, 0.3) is 0 Å². The second-order valence-corrected chi connectivity index (χ2v) is 2.41. The summed E-state index contributed by atoms with van der Waals surface area (Å²) in [6.07, 6.45) is -2.98. The summed E-state index contributed by atoms with van der Waals surface area (Å²) in [5.41, 5.74) is 0. The minimum absolute atomic E-state index is 0.0728. The molecule has 0 aromatic carbocycles. The zero-order valence-electron chi connectivity index (χ0n) is 6.88. The minimum atomic E-state index is -1.35. The van der Waals surface area contributed by atoms with Gasteiger partial charge in [-0.3, -0.25) is 0 Å². The molecule has 0 aliphatic heterocycles. The van der Waals surface area contributed by atoms with Crippen LogP contribution in [0.25, 0.3) is 0 Å². The van der Waals surface area contributed by atoms with Gasteiger partial charge in [-0.15, -0.1) is 0 Å². The van der Waals surface area contributed by atoms with E-state index in [1.54, 1.807) is 0 Å². The maximum atomic E-state index is 10.1. The Labute approximate surface area is 70.6 Å². The van der Waals surface area contributed by atoms with Crippen LogP contribution >= 0.6 is 0 Å². The molecule has 5 heteroatoms. The minimum Gasteiger partial charge on any atom is -0.396 e. The lowest BCUT2D eigenvalue weighted by Gasteiger charge is -2.22. The van der Waals surface area contributed by atoms with Crippen LogP contribution in [0.5, 0.6) is 0 Å². The Kier molecular flexibility index (Phi) is 5.83. The highest BCUT2D eigenvalue weighted by atomic mass is 16.5. The van der Waals surface area contributed by atoms with E-state index in [1.165, 1.54) is 7.11 Å². The van der Waals surface area contributed by atoms with Crippen molar-refractivity contribution >= 4 is 6.29 Å². The zero-order valence-corrected chi connectivity index (χ0v) is 6.88. The molecule has 0 aliphatic rings. The second kappa shape index (κ2) is 6.07. The van der Waals surface area contributed by atoms with Crippen LogP contribution in [0.4, 0.5) is 0 Å². The van der Waals surface area contributed by atoms with Crippen molar-refractivity contribution in [2.45, 2.75) is 24.7 Å². The van der Waals surface area contributed by atoms with Gasteiger partial charge in [0.2, 0.25) is 0 Å². The first kappa shape index (κ1) is 11.5. The SMILES string of the molecule is CO[C@H]([C@H](O)CCO)[C@@H](O)C=O. The molecule has 0 radical (unpaired) electrons. The van der Waals surface area contributed by atoms with Gasteiger partial charge in [-0.2, -0.15) is 0 Å². The number of aliphatic hydroxyl groups excluding tert-OH is 3. The molecule has 0 aromatic heterocycles. The Balaban J connectivity index is 4.02. The van der Waals surface area contributed by atoms with Crippen LogP contribution in [0.1, 0.15) is 6.42 Å². The summed E-state index contributed by atoms with van der Waals surface area (Å²) in [6.45, 7) is -0.216. The van der Waals surface area contributed by atoms with E-state index in [-0.39, 0.29) is 19.3 Å². The Morgan fingerprint density at radius 3 is 2.42 bits per heavy atom. The summed E-state index contributed by atoms with van der Waals surface area (Å²) in [5.74, 6) is 0. The van der Waals surface area contributed by atoms with Crippen molar-refractivity contribution in [1.82, 2.24) is 0 Å². The van der Waals surface area contributed by atoms with Crippen LogP contribution in [0.15, 0.2) is 0 Å². The van der Waals surface area contributed by atoms with Gasteiger partial charge in [0.15, 0.2) is 6.29 Å². The van der Waals surface area contributed by atoms with Crippen molar-refractivity contribution < 1.29 is 24.9 Å². The summed E-state index contributed by atoms with van der Waals surface area (Å²) in [5, 5.41) is 26.6. The Bertz CT molecular complexity index is 127. The van der Waals surface area contributed by atoms with E-state index in [9.17, 15) is 9.90 Å². The average molecular weight is 178 g/mol. The fraction of sp³-hybridized carbons (Fsp3) is 0.857. The second-order valence-electron chi connectivity index (χ2n) is 2.41. The summed E-state index contributed by atoms with van der Waals surface area (Å²) in [4.78, 5) is 10.1. The van der Waals surface area contributed by atoms with Gasteiger partial charge in [-0.1, -0.05) is 0 Å². The molecule has 72 valence electrons. The van der Waals surface area contributed by atoms with Crippen LogP contribution in [0.3, 0.4) is 0 Å². The van der Waals surface area contributed by atoms with Gasteiger partial charge >= 0.3 is 0 Å². The summed E-state index contributed by atoms with van der Waals surface area (Å²) in [7, 11) is 1.28. The third-order valence-corrected chi connectivity index (χ3v) is 1.55. The highest BCUT2D eigenvalue weighted by Gasteiger charge is 2.25. The number of aliphatic hydroxyl groups is 3. The van der Waals surface area contributed by atoms with Crippen LogP contribution in [0, 0.1) is 0 Å². The number of hydrogen-bond acceptors (Lipinski definition) is 5. The van der Waals surface area contributed by atoms with Gasteiger partial charge in [0, 0.05) is 13.7 Å². The molecule has 0 unspecified atom stereocenters. The molecule has 0 saturated heterocycles. The molecule has 3 N–H and O–H groups in total. The van der Waals surface area contributed by atoms with Gasteiger partial charge in [-0.05, 0) is 6.42 Å². The fourth-order valence-corrected chi connectivity index (χ4v) is 0.898. The quantitative estimate of drug-likeness (QED) is 0.422. The number of hydrogen-bond donors (Lipinski definition) is 3. The van der Waals surface area contributed by atoms with Crippen LogP contribution in [-0.4, -0.2) is 53.6 Å². The van der Waals surface area contributed by atoms with Crippen molar-refractivity contribution in [2.24, 2.45) is 0 Å². The number of carbonyl (C=O) groups is 1. The molecule has 0 aliphatic carbocycles. The number of ether oxygens (including phenoxy) is 1. The number of rotatable bonds is 6. The fourth-order valence-electron chi connectivity index (χ4n) is 0.898. The molecule has 0 spiro atoms. The van der Waals surface area contributed by atoms with Crippen molar-refractivity contribution in [1.29, 1.82) is 0 Å². The molecule has 0 amide bonds. The third-order valence-electron chi connectivity index (χ3n) is 1.55. The van der Waals surface area contributed by atoms with E-state index in [0.29, 0.717) is 0 Å². The van der Waals surface area contributed by atoms with Crippen LogP contribution in [-0.2, 0) is 9.53 Å². The molecule has 0 aromatic rings. The normalized spacial score (nSPS) is 18.3. The van der Waals surface area contributed by atoms with E-state index in [4.69, 9.17) is 10.2 Å². The first-order valence-corrected chi connectivity index (χ1v) is 3.62. The summed E-state index contributed by atoms with van der Waals surface area (Å²) >= 11 is 0. The largest absolute Gasteiger partial charge is 0.396 e. The molecule has 5 nitrogen and oxygen atoms in total. The smallest absolute Gasteiger partial charge is 0.151 e. The highest BCUT2D eigenvalue weighted by Crippen LogP contribution is 2.06. The highest BCUT2D eigenvalue weighted by molar-refractivity contribution is 5.56. The summed E-state index contributed by atoms with van der Waals surface area (Å²) < 4.78 is 4.67. The van der Waals surface area contributed by atoms with Gasteiger partial charge < -0.3 is 24.9 Å². The lowest BCUT2D eigenvalue weighted by molar-refractivity contribution is -0.130. The Morgan fingerprint density at radius 1 is 1.50 bits per heavy atom. The number of methoxy groups -OCH3 is 1. The van der Waals surface area contributed by atoms with Crippen molar-refractivity contribution in [3.05, 3.63) is 0 Å². The summed E-state index contributed by atoms with van der Waals surface area (Å²) in [6, 6.07) is 0. The topological polar surface area (TPSA) is 87.0 Å². The molecule has 0 saturated carbocycles. The van der Waals surface area contributed by atoms with E-state index >= 15 is 0 Å². The van der Waals surface area contributed by atoms with Crippen molar-refractivity contribution in [3.8, 4) is 0 Å². The predicted octanol–water partition coefficient (Wildman–Crippen LogP) is -1.70. The van der Waals surface area contributed by atoms with Gasteiger partial charge in [0.1, 0.15) is 12.2 Å². The predicted molar refractivity (Wildman–Crippen MR) is 40.6 cm³/mol. The van der Waals surface area contributed by atoms with Crippen molar-refractivity contribution in [2.75, 3.05) is 13.7 Å². The molecule has 0 heterocycles. The monoisotopic (exact) mass is 178 g/mol. The van der Waals surface area contributed by atoms with E-state index in [2.05, 4.69) is 4.74 Å². The lowest BCUT2D eigenvalue weighted by atomic mass is 10.1. The maximum absolute atomic E-state index is 10.1. The third kappa shape index (κ3) is 3.27. The molecule has 0 fully saturated rings. The van der Waals surface area contributed by atoms with Crippen molar-refractivity contribution in [3.63, 3.8) is 0 Å². The van der Waals surface area contributed by atoms with E-state index in [1.807, 2.05) is 0 Å². The average Bonchev–Trinajstić information content (AvgIpc) is 2.06. The van der Waals surface area contributed by atoms with Crippen LogP contribution < -0.4 is 0 Å². The van der Waals surface area contributed by atoms with Gasteiger partial charge in [0.05, 0.1) is 6.10 Å². The Hall–Kier alpha value is -0.490. The Morgan fingerprint density at radius 2 is 2.08 bits per heavy atom. The molecule has 0 rings (SSSR count). The lowest BCUT2D eigenvalue weighted by Crippen LogP contribution is -2.40. The molecule has 3 atom stereocenters. The van der Waals surface area contributed by atoms with Crippen LogP contribution in [0.2, 0.25) is 0 Å². The molecular weight excluding hydrogens is 164 g/mol. The van der Waals surface area contributed by atoms with E-state index < -0.39 is 18.3 Å². The molecule has 0 bridgehead atoms. The van der Waals surface area contributed by atoms with Gasteiger partial charge in [-0.25, -0.2) is 0 Å².